The Bertz CT molecular complexity index is 434. The monoisotopic (exact) mass is 403 g/mol. The molecule has 0 aromatic rings. The van der Waals surface area contributed by atoms with E-state index >= 15 is 0 Å². The summed E-state index contributed by atoms with van der Waals surface area (Å²) in [4.78, 5) is 0. The molecule has 0 unspecified atom stereocenters. The fourth-order valence-corrected chi connectivity index (χ4v) is 2.08. The molecule has 0 fully saturated rings. The molecule has 144 valence electrons. The van der Waals surface area contributed by atoms with Crippen LogP contribution in [-0.4, -0.2) is 37.1 Å². The smallest absolute Gasteiger partial charge is 0.726 e. The molecule has 0 heterocycles. The Morgan fingerprint density at radius 1 is 0.792 bits per heavy atom. The molecular weight excluding hydrogens is 373 g/mol. The predicted molar refractivity (Wildman–Crippen MR) is 86.7 cm³/mol. The topological polar surface area (TPSA) is 176 Å². The molecule has 0 atom stereocenters. The van der Waals surface area contributed by atoms with Gasteiger partial charge in [-0.3, -0.25) is 9.11 Å². The van der Waals surface area contributed by atoms with Crippen LogP contribution in [0.25, 0.3) is 0 Å². The van der Waals surface area contributed by atoms with Gasteiger partial charge in [0, 0.05) is 0 Å². The maximum Gasteiger partial charge on any atom is 1.00 e. The predicted octanol–water partition coefficient (Wildman–Crippen LogP) is -0.103. The molecule has 0 aliphatic carbocycles. The van der Waals surface area contributed by atoms with Crippen LogP contribution in [0.2, 0.25) is 0 Å². The zero-order chi connectivity index (χ0) is 17.5. The van der Waals surface area contributed by atoms with Crippen molar-refractivity contribution >= 4 is 20.8 Å². The van der Waals surface area contributed by atoms with Crippen molar-refractivity contribution in [2.75, 3.05) is 6.61 Å². The Kier molecular flexibility index (Phi) is 27.0. The summed E-state index contributed by atoms with van der Waals surface area (Å²) in [6, 6.07) is 0. The maximum absolute atomic E-state index is 10.2. The van der Waals surface area contributed by atoms with Crippen molar-refractivity contribution in [1.82, 2.24) is 6.15 Å². The normalized spacial score (nSPS) is 10.8. The van der Waals surface area contributed by atoms with E-state index in [2.05, 4.69) is 11.1 Å². The second-order valence-corrected chi connectivity index (χ2v) is 6.81. The third-order valence-corrected chi connectivity index (χ3v) is 3.19. The van der Waals surface area contributed by atoms with E-state index in [9.17, 15) is 8.42 Å². The van der Waals surface area contributed by atoms with Crippen molar-refractivity contribution in [1.29, 1.82) is 0 Å². The van der Waals surface area contributed by atoms with Gasteiger partial charge in [-0.05, 0) is 6.42 Å². The molecule has 24 heavy (non-hydrogen) atoms. The molecule has 0 aliphatic heterocycles. The largest absolute Gasteiger partial charge is 1.00 e. The van der Waals surface area contributed by atoms with E-state index in [4.69, 9.17) is 22.1 Å². The second-order valence-electron chi connectivity index (χ2n) is 4.86. The van der Waals surface area contributed by atoms with Gasteiger partial charge in [-0.15, -0.1) is 0 Å². The molecule has 12 heteroatoms. The van der Waals surface area contributed by atoms with Crippen molar-refractivity contribution in [3.05, 3.63) is 0 Å². The van der Waals surface area contributed by atoms with Gasteiger partial charge in [0.2, 0.25) is 10.4 Å². The third kappa shape index (κ3) is 49.5. The molecule has 0 saturated carbocycles. The van der Waals surface area contributed by atoms with E-state index in [1.54, 1.807) is 0 Å². The zero-order valence-electron chi connectivity index (χ0n) is 14.6. The first-order valence-electron chi connectivity index (χ1n) is 7.36. The van der Waals surface area contributed by atoms with Crippen LogP contribution in [0.5, 0.6) is 0 Å². The van der Waals surface area contributed by atoms with Crippen molar-refractivity contribution in [2.45, 2.75) is 71.1 Å². The summed E-state index contributed by atoms with van der Waals surface area (Å²) < 4.78 is 65.8. The van der Waals surface area contributed by atoms with Crippen LogP contribution in [0.15, 0.2) is 0 Å². The van der Waals surface area contributed by atoms with Crippen molar-refractivity contribution in [3.63, 3.8) is 0 Å². The Hall–Kier alpha value is 0.700. The van der Waals surface area contributed by atoms with Gasteiger partial charge in [-0.2, -0.15) is 8.42 Å². The SMILES string of the molecule is CCCCCCCCCCCCOS(=O)(=O)O.N.O=S(=O)([O-])O.[Na+]. The molecule has 0 saturated heterocycles. The molecule has 0 amide bonds. The number of rotatable bonds is 12. The maximum atomic E-state index is 10.2. The Morgan fingerprint density at radius 2 is 1.08 bits per heavy atom. The summed E-state index contributed by atoms with van der Waals surface area (Å²) in [5.74, 6) is 0. The molecule has 9 nitrogen and oxygen atoms in total. The van der Waals surface area contributed by atoms with Crippen molar-refractivity contribution in [3.8, 4) is 0 Å². The third-order valence-electron chi connectivity index (χ3n) is 2.73. The Labute approximate surface area is 168 Å². The van der Waals surface area contributed by atoms with Crippen LogP contribution >= 0.6 is 0 Å². The van der Waals surface area contributed by atoms with Gasteiger partial charge in [0.05, 0.1) is 6.61 Å². The molecule has 0 spiro atoms. The molecule has 0 aromatic heterocycles. The van der Waals surface area contributed by atoms with E-state index in [0.29, 0.717) is 6.42 Å². The van der Waals surface area contributed by atoms with Crippen molar-refractivity contribution < 1.29 is 64.2 Å². The van der Waals surface area contributed by atoms with Gasteiger partial charge in [0.1, 0.15) is 0 Å². The molecule has 0 aliphatic rings. The van der Waals surface area contributed by atoms with Crippen LogP contribution in [0, 0.1) is 0 Å². The summed E-state index contributed by atoms with van der Waals surface area (Å²) in [6.45, 7) is 2.31. The van der Waals surface area contributed by atoms with E-state index in [0.717, 1.165) is 12.8 Å². The summed E-state index contributed by atoms with van der Waals surface area (Å²) in [5.41, 5.74) is 0. The molecule has 0 bridgehead atoms. The molecule has 0 radical (unpaired) electrons. The van der Waals surface area contributed by atoms with E-state index in [1.807, 2.05) is 0 Å². The summed E-state index contributed by atoms with van der Waals surface area (Å²) >= 11 is 0. The minimum absolute atomic E-state index is 0. The number of unbranched alkanes of at least 4 members (excludes halogenated alkanes) is 9. The van der Waals surface area contributed by atoms with E-state index in [-0.39, 0.29) is 42.3 Å². The van der Waals surface area contributed by atoms with Crippen LogP contribution < -0.4 is 35.7 Å². The molecule has 0 aromatic carbocycles. The van der Waals surface area contributed by atoms with Gasteiger partial charge >= 0.3 is 40.0 Å². The Morgan fingerprint density at radius 3 is 1.38 bits per heavy atom. The minimum Gasteiger partial charge on any atom is -0.726 e. The van der Waals surface area contributed by atoms with Gasteiger partial charge in [-0.1, -0.05) is 64.7 Å². The second kappa shape index (κ2) is 20.0. The first-order chi connectivity index (χ1) is 10.1. The Balaban J connectivity index is -0.000000250. The van der Waals surface area contributed by atoms with Gasteiger partial charge in [0.15, 0.2) is 0 Å². The summed E-state index contributed by atoms with van der Waals surface area (Å²) in [7, 11) is -9.15. The number of hydrogen-bond acceptors (Lipinski definition) is 7. The summed E-state index contributed by atoms with van der Waals surface area (Å²) in [5, 5.41) is 0. The van der Waals surface area contributed by atoms with Crippen LogP contribution in [0.1, 0.15) is 71.1 Å². The average Bonchev–Trinajstić information content (AvgIpc) is 2.32. The zero-order valence-corrected chi connectivity index (χ0v) is 18.3. The van der Waals surface area contributed by atoms with Gasteiger partial charge < -0.3 is 10.7 Å². The van der Waals surface area contributed by atoms with Gasteiger partial charge in [-0.25, -0.2) is 12.6 Å². The van der Waals surface area contributed by atoms with Gasteiger partial charge in [0.25, 0.3) is 0 Å². The van der Waals surface area contributed by atoms with Crippen LogP contribution in [-0.2, 0) is 25.0 Å². The molecule has 5 N–H and O–H groups in total. The molecule has 0 rings (SSSR count). The minimum atomic E-state index is -4.92. The quantitative estimate of drug-likeness (QED) is 0.174. The fourth-order valence-electron chi connectivity index (χ4n) is 1.75. The van der Waals surface area contributed by atoms with Crippen LogP contribution in [0.4, 0.5) is 0 Å². The van der Waals surface area contributed by atoms with Crippen molar-refractivity contribution in [2.24, 2.45) is 0 Å². The first kappa shape index (κ1) is 32.4. The average molecular weight is 403 g/mol. The fraction of sp³-hybridized carbons (Fsp3) is 1.00. The molecular formula is C12H30NNaO8S2. The standard InChI is InChI=1S/C12H26O4S.H3N.Na.H2O4S/c1-2-3-4-5-6-7-8-9-10-11-12-16-17(13,14)15;;;1-5(2,3)4/h2-12H2,1H3,(H,13,14,15);1H3;;(H2,1,2,3,4)/q;;+1;/p-1. The number of hydrogen-bond donors (Lipinski definition) is 3. The van der Waals surface area contributed by atoms with Crippen LogP contribution in [0.3, 0.4) is 0 Å². The first-order valence-corrected chi connectivity index (χ1v) is 10.1. The van der Waals surface area contributed by atoms with E-state index in [1.165, 1.54) is 44.9 Å². The van der Waals surface area contributed by atoms with E-state index < -0.39 is 20.8 Å². The summed E-state index contributed by atoms with van der Waals surface area (Å²) in [6.07, 6.45) is 11.9.